The highest BCUT2D eigenvalue weighted by atomic mass is 16.5. The van der Waals surface area contributed by atoms with Crippen molar-refractivity contribution in [1.29, 1.82) is 0 Å². The zero-order valence-corrected chi connectivity index (χ0v) is 14.6. The van der Waals surface area contributed by atoms with Crippen molar-refractivity contribution >= 4 is 28.9 Å². The first-order valence-electron chi connectivity index (χ1n) is 8.18. The Morgan fingerprint density at radius 3 is 2.54 bits per heavy atom. The second kappa shape index (κ2) is 7.27. The van der Waals surface area contributed by atoms with Gasteiger partial charge >= 0.3 is 5.97 Å². The van der Waals surface area contributed by atoms with Crippen LogP contribution in [0.4, 0.5) is 0 Å². The van der Waals surface area contributed by atoms with Crippen molar-refractivity contribution in [3.8, 4) is 5.75 Å². The standard InChI is InChI=1S/C21H19NO4/c1-14-18(13-21(24)25)17-10-9-16(26-2)12-19(17)22(14)20(23)11-8-15-6-4-3-5-7-15/h3-12H,13H2,1-2H3,(H,24,25). The summed E-state index contributed by atoms with van der Waals surface area (Å²) < 4.78 is 6.79. The summed E-state index contributed by atoms with van der Waals surface area (Å²) in [6.45, 7) is 1.76. The molecule has 3 rings (SSSR count). The van der Waals surface area contributed by atoms with Crippen LogP contribution in [-0.4, -0.2) is 28.7 Å². The third-order valence-electron chi connectivity index (χ3n) is 4.31. The van der Waals surface area contributed by atoms with Gasteiger partial charge in [0.25, 0.3) is 5.91 Å². The van der Waals surface area contributed by atoms with Crippen molar-refractivity contribution in [3.63, 3.8) is 0 Å². The molecule has 0 aliphatic rings. The summed E-state index contributed by atoms with van der Waals surface area (Å²) in [6.07, 6.45) is 3.09. The molecule has 0 atom stereocenters. The van der Waals surface area contributed by atoms with Crippen LogP contribution in [0.5, 0.6) is 5.75 Å². The summed E-state index contributed by atoms with van der Waals surface area (Å²) in [5.74, 6) is -0.561. The van der Waals surface area contributed by atoms with Crippen molar-refractivity contribution in [2.75, 3.05) is 7.11 Å². The summed E-state index contributed by atoms with van der Waals surface area (Å²) in [4.78, 5) is 24.1. The fourth-order valence-electron chi connectivity index (χ4n) is 3.05. The van der Waals surface area contributed by atoms with Crippen LogP contribution < -0.4 is 4.74 Å². The Balaban J connectivity index is 2.11. The number of methoxy groups -OCH3 is 1. The number of ether oxygens (including phenoxy) is 1. The van der Waals surface area contributed by atoms with Gasteiger partial charge in [0.15, 0.2) is 0 Å². The van der Waals surface area contributed by atoms with Crippen LogP contribution in [0.3, 0.4) is 0 Å². The van der Waals surface area contributed by atoms with Gasteiger partial charge in [-0.25, -0.2) is 0 Å². The first-order valence-corrected chi connectivity index (χ1v) is 8.18. The zero-order chi connectivity index (χ0) is 18.7. The molecule has 0 saturated heterocycles. The van der Waals surface area contributed by atoms with Gasteiger partial charge in [0.05, 0.1) is 19.0 Å². The van der Waals surface area contributed by atoms with Crippen LogP contribution in [0.15, 0.2) is 54.6 Å². The maximum atomic E-state index is 12.8. The van der Waals surface area contributed by atoms with E-state index < -0.39 is 5.97 Å². The van der Waals surface area contributed by atoms with E-state index in [1.807, 2.05) is 30.3 Å². The highest BCUT2D eigenvalue weighted by Gasteiger charge is 2.19. The van der Waals surface area contributed by atoms with E-state index in [0.717, 1.165) is 10.9 Å². The number of benzene rings is 2. The third-order valence-corrected chi connectivity index (χ3v) is 4.31. The van der Waals surface area contributed by atoms with E-state index in [2.05, 4.69) is 0 Å². The predicted octanol–water partition coefficient (Wildman–Crippen LogP) is 3.94. The van der Waals surface area contributed by atoms with E-state index in [9.17, 15) is 14.7 Å². The minimum absolute atomic E-state index is 0.142. The fraction of sp³-hybridized carbons (Fsp3) is 0.143. The monoisotopic (exact) mass is 349 g/mol. The number of carbonyl (C=O) groups is 2. The molecule has 1 N–H and O–H groups in total. The molecular weight excluding hydrogens is 330 g/mol. The number of aliphatic carboxylic acids is 1. The molecule has 0 aliphatic carbocycles. The number of carboxylic acid groups (broad SMARTS) is 1. The minimum atomic E-state index is -0.935. The van der Waals surface area contributed by atoms with Crippen LogP contribution in [0.2, 0.25) is 0 Å². The summed E-state index contributed by atoms with van der Waals surface area (Å²) >= 11 is 0. The quantitative estimate of drug-likeness (QED) is 0.709. The van der Waals surface area contributed by atoms with E-state index >= 15 is 0 Å². The number of hydrogen-bond acceptors (Lipinski definition) is 3. The minimum Gasteiger partial charge on any atom is -0.497 e. The van der Waals surface area contributed by atoms with E-state index in [1.165, 1.54) is 10.6 Å². The lowest BCUT2D eigenvalue weighted by Crippen LogP contribution is -2.10. The lowest BCUT2D eigenvalue weighted by atomic mass is 10.1. The zero-order valence-electron chi connectivity index (χ0n) is 14.6. The Labute approximate surface area is 151 Å². The highest BCUT2D eigenvalue weighted by Crippen LogP contribution is 2.30. The molecule has 0 spiro atoms. The number of allylic oxidation sites excluding steroid dienone is 1. The number of fused-ring (bicyclic) bond motifs is 1. The number of rotatable bonds is 5. The van der Waals surface area contributed by atoms with Crippen molar-refractivity contribution in [1.82, 2.24) is 4.57 Å². The van der Waals surface area contributed by atoms with Gasteiger partial charge in [-0.1, -0.05) is 30.3 Å². The van der Waals surface area contributed by atoms with Gasteiger partial charge in [-0.2, -0.15) is 0 Å². The van der Waals surface area contributed by atoms with Gasteiger partial charge in [0.2, 0.25) is 0 Å². The van der Waals surface area contributed by atoms with Gasteiger partial charge in [0.1, 0.15) is 5.75 Å². The van der Waals surface area contributed by atoms with Gasteiger partial charge in [-0.05, 0) is 36.3 Å². The molecule has 0 amide bonds. The van der Waals surface area contributed by atoms with Gasteiger partial charge in [0, 0.05) is 23.2 Å². The maximum Gasteiger partial charge on any atom is 0.307 e. The fourth-order valence-corrected chi connectivity index (χ4v) is 3.05. The summed E-state index contributed by atoms with van der Waals surface area (Å²) in [5, 5.41) is 9.96. The average Bonchev–Trinajstić information content (AvgIpc) is 2.91. The molecule has 1 aromatic heterocycles. The SMILES string of the molecule is COc1ccc2c(CC(=O)O)c(C)n(C(=O)C=Cc3ccccc3)c2c1. The summed E-state index contributed by atoms with van der Waals surface area (Å²) in [5.41, 5.74) is 2.81. The lowest BCUT2D eigenvalue weighted by molar-refractivity contribution is -0.136. The Kier molecular flexibility index (Phi) is 4.89. The first kappa shape index (κ1) is 17.5. The molecule has 3 aromatic rings. The Morgan fingerprint density at radius 2 is 1.88 bits per heavy atom. The molecule has 1 heterocycles. The van der Waals surface area contributed by atoms with Crippen molar-refractivity contribution < 1.29 is 19.4 Å². The molecule has 132 valence electrons. The lowest BCUT2D eigenvalue weighted by Gasteiger charge is -2.05. The third kappa shape index (κ3) is 3.37. The molecule has 5 nitrogen and oxygen atoms in total. The number of nitrogens with zero attached hydrogens (tertiary/aromatic N) is 1. The van der Waals surface area contributed by atoms with Gasteiger partial charge in [-0.3, -0.25) is 14.2 Å². The van der Waals surface area contributed by atoms with Crippen LogP contribution in [-0.2, 0) is 11.2 Å². The second-order valence-electron chi connectivity index (χ2n) is 5.94. The van der Waals surface area contributed by atoms with E-state index in [4.69, 9.17) is 4.74 Å². The summed E-state index contributed by atoms with van der Waals surface area (Å²) in [7, 11) is 1.55. The van der Waals surface area contributed by atoms with Gasteiger partial charge in [-0.15, -0.1) is 0 Å². The smallest absolute Gasteiger partial charge is 0.307 e. The maximum absolute atomic E-state index is 12.8. The van der Waals surface area contributed by atoms with Crippen molar-refractivity contribution in [2.45, 2.75) is 13.3 Å². The van der Waals surface area contributed by atoms with Crippen LogP contribution in [0, 0.1) is 6.92 Å². The van der Waals surface area contributed by atoms with Crippen molar-refractivity contribution in [2.24, 2.45) is 0 Å². The highest BCUT2D eigenvalue weighted by molar-refractivity contribution is 6.03. The van der Waals surface area contributed by atoms with E-state index in [1.54, 1.807) is 38.3 Å². The number of carbonyl (C=O) groups excluding carboxylic acids is 1. The molecular formula is C21H19NO4. The molecule has 0 aliphatic heterocycles. The molecule has 0 saturated carbocycles. The van der Waals surface area contributed by atoms with Crippen LogP contribution >= 0.6 is 0 Å². The largest absolute Gasteiger partial charge is 0.497 e. The average molecular weight is 349 g/mol. The predicted molar refractivity (Wildman–Crippen MR) is 101 cm³/mol. The van der Waals surface area contributed by atoms with Crippen molar-refractivity contribution in [3.05, 3.63) is 71.4 Å². The molecule has 0 radical (unpaired) electrons. The Hall–Kier alpha value is -3.34. The normalized spacial score (nSPS) is 11.2. The Morgan fingerprint density at radius 1 is 1.15 bits per heavy atom. The molecule has 2 aromatic carbocycles. The molecule has 5 heteroatoms. The molecule has 0 bridgehead atoms. The van der Waals surface area contributed by atoms with Crippen LogP contribution in [0.1, 0.15) is 21.6 Å². The number of aromatic nitrogens is 1. The van der Waals surface area contributed by atoms with E-state index in [-0.39, 0.29) is 12.3 Å². The van der Waals surface area contributed by atoms with E-state index in [0.29, 0.717) is 22.5 Å². The van der Waals surface area contributed by atoms with Crippen LogP contribution in [0.25, 0.3) is 17.0 Å². The molecule has 26 heavy (non-hydrogen) atoms. The number of hydrogen-bond donors (Lipinski definition) is 1. The Bertz CT molecular complexity index is 1000. The number of carboxylic acids is 1. The topological polar surface area (TPSA) is 68.5 Å². The molecule has 0 fully saturated rings. The second-order valence-corrected chi connectivity index (χ2v) is 5.94. The molecule has 0 unspecified atom stereocenters. The van der Waals surface area contributed by atoms with Gasteiger partial charge < -0.3 is 9.84 Å². The first-order chi connectivity index (χ1) is 12.5. The summed E-state index contributed by atoms with van der Waals surface area (Å²) in [6, 6.07) is 14.8.